The Morgan fingerprint density at radius 1 is 0.622 bits per heavy atom. The number of ether oxygens (including phenoxy) is 6. The standard InChI is InChI=1S/C38H59NO6/c1-26(42-35(5,6)22-32-24-40-32)20-34(3,4)44-30-16-12-28(13-17-30)37(9,10)29-14-18-31(19-15-29)45-38(11,39)21-27(2)43-36(7,8)23-33-25-41-33/h12-19,26-27,32-33H,20-25,39H2,1-11H3. The van der Waals surface area contributed by atoms with Crippen molar-refractivity contribution in [2.75, 3.05) is 13.2 Å². The van der Waals surface area contributed by atoms with Gasteiger partial charge < -0.3 is 28.4 Å². The predicted octanol–water partition coefficient (Wildman–Crippen LogP) is 7.95. The molecule has 0 saturated carbocycles. The van der Waals surface area contributed by atoms with Crippen LogP contribution in [0.3, 0.4) is 0 Å². The maximum absolute atomic E-state index is 6.58. The van der Waals surface area contributed by atoms with E-state index in [9.17, 15) is 0 Å². The number of rotatable bonds is 18. The highest BCUT2D eigenvalue weighted by atomic mass is 16.6. The van der Waals surface area contributed by atoms with Crippen LogP contribution in [0.5, 0.6) is 11.5 Å². The third-order valence-electron chi connectivity index (χ3n) is 8.65. The minimum absolute atomic E-state index is 0.0548. The van der Waals surface area contributed by atoms with Gasteiger partial charge in [-0.25, -0.2) is 0 Å². The molecular weight excluding hydrogens is 566 g/mol. The van der Waals surface area contributed by atoms with E-state index in [4.69, 9.17) is 34.2 Å². The molecule has 0 aromatic heterocycles. The third kappa shape index (κ3) is 11.5. The summed E-state index contributed by atoms with van der Waals surface area (Å²) >= 11 is 0. The molecule has 252 valence electrons. The second-order valence-corrected chi connectivity index (χ2v) is 16.1. The van der Waals surface area contributed by atoms with E-state index in [1.807, 2.05) is 19.1 Å². The van der Waals surface area contributed by atoms with E-state index in [-0.39, 0.29) is 34.4 Å². The van der Waals surface area contributed by atoms with Crippen molar-refractivity contribution in [1.29, 1.82) is 0 Å². The van der Waals surface area contributed by atoms with Crippen LogP contribution in [0.25, 0.3) is 0 Å². The van der Waals surface area contributed by atoms with Gasteiger partial charge in [0.05, 0.1) is 48.8 Å². The van der Waals surface area contributed by atoms with Gasteiger partial charge in [0.2, 0.25) is 0 Å². The van der Waals surface area contributed by atoms with E-state index in [0.717, 1.165) is 44.0 Å². The maximum Gasteiger partial charge on any atom is 0.158 e. The molecule has 2 heterocycles. The molecule has 2 aromatic carbocycles. The molecule has 45 heavy (non-hydrogen) atoms. The monoisotopic (exact) mass is 625 g/mol. The van der Waals surface area contributed by atoms with Crippen molar-refractivity contribution < 1.29 is 28.4 Å². The van der Waals surface area contributed by atoms with Crippen LogP contribution in [0.2, 0.25) is 0 Å². The van der Waals surface area contributed by atoms with Crippen molar-refractivity contribution in [1.82, 2.24) is 0 Å². The van der Waals surface area contributed by atoms with Gasteiger partial charge in [0.1, 0.15) is 17.1 Å². The first-order chi connectivity index (χ1) is 20.7. The van der Waals surface area contributed by atoms with Gasteiger partial charge in [-0.2, -0.15) is 0 Å². The highest BCUT2D eigenvalue weighted by molar-refractivity contribution is 5.42. The van der Waals surface area contributed by atoms with Gasteiger partial charge >= 0.3 is 0 Å². The Morgan fingerprint density at radius 3 is 1.40 bits per heavy atom. The summed E-state index contributed by atoms with van der Waals surface area (Å²) in [5.41, 5.74) is 7.05. The lowest BCUT2D eigenvalue weighted by atomic mass is 9.78. The summed E-state index contributed by atoms with van der Waals surface area (Å²) in [7, 11) is 0. The molecule has 2 fully saturated rings. The van der Waals surface area contributed by atoms with Gasteiger partial charge in [0.15, 0.2) is 5.72 Å². The van der Waals surface area contributed by atoms with E-state index in [2.05, 4.69) is 106 Å². The number of hydrogen-bond acceptors (Lipinski definition) is 7. The molecule has 7 heteroatoms. The molecule has 0 amide bonds. The lowest BCUT2D eigenvalue weighted by Gasteiger charge is -2.34. The molecule has 0 aliphatic carbocycles. The first kappa shape index (κ1) is 35.7. The molecule has 2 aliphatic rings. The van der Waals surface area contributed by atoms with Crippen LogP contribution in [-0.4, -0.2) is 60.2 Å². The van der Waals surface area contributed by atoms with Gasteiger partial charge in [-0.3, -0.25) is 5.73 Å². The topological polar surface area (TPSA) is 88.0 Å². The van der Waals surface area contributed by atoms with Gasteiger partial charge in [-0.15, -0.1) is 0 Å². The van der Waals surface area contributed by atoms with Gasteiger partial charge in [0.25, 0.3) is 0 Å². The second-order valence-electron chi connectivity index (χ2n) is 16.1. The molecule has 0 bridgehead atoms. The zero-order valence-corrected chi connectivity index (χ0v) is 29.7. The largest absolute Gasteiger partial charge is 0.488 e. The van der Waals surface area contributed by atoms with E-state index in [1.54, 1.807) is 0 Å². The third-order valence-corrected chi connectivity index (χ3v) is 8.65. The Morgan fingerprint density at radius 2 is 1.00 bits per heavy atom. The fourth-order valence-corrected chi connectivity index (χ4v) is 6.72. The van der Waals surface area contributed by atoms with Crippen LogP contribution < -0.4 is 15.2 Å². The molecule has 2 aliphatic heterocycles. The van der Waals surface area contributed by atoms with E-state index < -0.39 is 5.72 Å². The molecule has 5 unspecified atom stereocenters. The fraction of sp³-hybridized carbons (Fsp3) is 0.684. The Bertz CT molecular complexity index is 1130. The summed E-state index contributed by atoms with van der Waals surface area (Å²) in [6.07, 6.45) is 3.83. The molecule has 5 atom stereocenters. The highest BCUT2D eigenvalue weighted by Gasteiger charge is 2.36. The molecule has 2 aromatic rings. The SMILES string of the molecule is CC(CC(C)(C)Oc1ccc(C(C)(C)c2ccc(OC(C)(N)CC(C)OC(C)(C)CC3CO3)cc2)cc1)OC(C)(C)CC1CO1. The first-order valence-electron chi connectivity index (χ1n) is 16.7. The quantitative estimate of drug-likeness (QED) is 0.133. The minimum atomic E-state index is -0.863. The van der Waals surface area contributed by atoms with Crippen LogP contribution in [0.1, 0.15) is 113 Å². The van der Waals surface area contributed by atoms with Crippen LogP contribution in [0.4, 0.5) is 0 Å². The Hall–Kier alpha value is -2.16. The lowest BCUT2D eigenvalue weighted by molar-refractivity contribution is -0.0950. The molecule has 7 nitrogen and oxygen atoms in total. The summed E-state index contributed by atoms with van der Waals surface area (Å²) < 4.78 is 36.1. The van der Waals surface area contributed by atoms with E-state index in [1.165, 1.54) is 11.1 Å². The van der Waals surface area contributed by atoms with E-state index >= 15 is 0 Å². The minimum Gasteiger partial charge on any atom is -0.488 e. The summed E-state index contributed by atoms with van der Waals surface area (Å²) in [5, 5.41) is 0. The van der Waals surface area contributed by atoms with Gasteiger partial charge in [-0.05, 0) is 97.7 Å². The zero-order valence-electron chi connectivity index (χ0n) is 29.7. The maximum atomic E-state index is 6.58. The number of epoxide rings is 2. The predicted molar refractivity (Wildman–Crippen MR) is 180 cm³/mol. The van der Waals surface area contributed by atoms with Crippen LogP contribution >= 0.6 is 0 Å². The molecule has 2 saturated heterocycles. The molecule has 0 spiro atoms. The molecule has 0 radical (unpaired) electrons. The highest BCUT2D eigenvalue weighted by Crippen LogP contribution is 2.35. The van der Waals surface area contributed by atoms with Crippen molar-refractivity contribution in [3.05, 3.63) is 59.7 Å². The summed E-state index contributed by atoms with van der Waals surface area (Å²) in [5.74, 6) is 1.59. The smallest absolute Gasteiger partial charge is 0.158 e. The normalized spacial score (nSPS) is 21.5. The zero-order chi connectivity index (χ0) is 33.3. The summed E-state index contributed by atoms with van der Waals surface area (Å²) in [4.78, 5) is 0. The average Bonchev–Trinajstić information content (AvgIpc) is 3.80. The Balaban J connectivity index is 1.30. The van der Waals surface area contributed by atoms with Gasteiger partial charge in [-0.1, -0.05) is 38.1 Å². The van der Waals surface area contributed by atoms with Crippen molar-refractivity contribution >= 4 is 0 Å². The van der Waals surface area contributed by atoms with Crippen molar-refractivity contribution in [2.45, 2.75) is 154 Å². The van der Waals surface area contributed by atoms with Crippen molar-refractivity contribution in [2.24, 2.45) is 5.73 Å². The van der Waals surface area contributed by atoms with Gasteiger partial charge in [0, 0.05) is 31.1 Å². The van der Waals surface area contributed by atoms with Crippen LogP contribution in [0, 0.1) is 0 Å². The van der Waals surface area contributed by atoms with Crippen molar-refractivity contribution in [3.63, 3.8) is 0 Å². The first-order valence-corrected chi connectivity index (χ1v) is 16.7. The average molecular weight is 626 g/mol. The summed E-state index contributed by atoms with van der Waals surface area (Å²) in [6.45, 7) is 25.0. The second kappa shape index (κ2) is 13.5. The lowest BCUT2D eigenvalue weighted by Crippen LogP contribution is -2.46. The molecule has 2 N–H and O–H groups in total. The fourth-order valence-electron chi connectivity index (χ4n) is 6.72. The summed E-state index contributed by atoms with van der Waals surface area (Å²) in [6, 6.07) is 16.7. The Labute approximate surface area is 272 Å². The molecule has 4 rings (SSSR count). The van der Waals surface area contributed by atoms with E-state index in [0.29, 0.717) is 18.6 Å². The Kier molecular flexibility index (Phi) is 10.7. The number of nitrogens with two attached hydrogens (primary N) is 1. The van der Waals surface area contributed by atoms with Crippen LogP contribution in [0.15, 0.2) is 48.5 Å². The van der Waals surface area contributed by atoms with Crippen molar-refractivity contribution in [3.8, 4) is 11.5 Å². The number of benzene rings is 2. The number of hydrogen-bond donors (Lipinski definition) is 1. The van der Waals surface area contributed by atoms with Crippen LogP contribution in [-0.2, 0) is 24.4 Å². The molecular formula is C38H59NO6.